The molecule has 2 saturated heterocycles. The molecule has 2 amide bonds. The Kier molecular flexibility index (Phi) is 7.60. The van der Waals surface area contributed by atoms with Crippen LogP contribution in [0, 0.1) is 12.8 Å². The lowest BCUT2D eigenvalue weighted by Gasteiger charge is -2.43. The van der Waals surface area contributed by atoms with E-state index in [1.807, 2.05) is 62.1 Å². The van der Waals surface area contributed by atoms with Gasteiger partial charge in [0.15, 0.2) is 0 Å². The maximum absolute atomic E-state index is 13.9. The molecule has 2 fully saturated rings. The third kappa shape index (κ3) is 6.10. The molecule has 0 radical (unpaired) electrons. The SMILES string of the molecule is Cc1ccc(Cl)cc1N1CCN(C(=O)[C@@H]2CN(C(=O)OC(C)(C)C)CC[C@@H]2c2ccccc2)CC1. The van der Waals surface area contributed by atoms with E-state index in [4.69, 9.17) is 16.3 Å². The molecular formula is C28H36ClN3O3. The van der Waals surface area contributed by atoms with Gasteiger partial charge in [0.1, 0.15) is 5.60 Å². The molecule has 35 heavy (non-hydrogen) atoms. The molecule has 2 heterocycles. The lowest BCUT2D eigenvalue weighted by atomic mass is 9.79. The summed E-state index contributed by atoms with van der Waals surface area (Å²) in [6, 6.07) is 16.2. The number of nitrogens with zero attached hydrogens (tertiary/aromatic N) is 3. The van der Waals surface area contributed by atoms with E-state index < -0.39 is 5.60 Å². The van der Waals surface area contributed by atoms with Gasteiger partial charge in [-0.05, 0) is 63.3 Å². The Hall–Kier alpha value is -2.73. The predicted molar refractivity (Wildman–Crippen MR) is 140 cm³/mol. The summed E-state index contributed by atoms with van der Waals surface area (Å²) in [5, 5.41) is 0.722. The fourth-order valence-electron chi connectivity index (χ4n) is 5.12. The highest BCUT2D eigenvalue weighted by Crippen LogP contribution is 2.35. The highest BCUT2D eigenvalue weighted by molar-refractivity contribution is 6.30. The van der Waals surface area contributed by atoms with Crippen LogP contribution in [0.15, 0.2) is 48.5 Å². The van der Waals surface area contributed by atoms with Gasteiger partial charge in [0.05, 0.1) is 5.92 Å². The minimum atomic E-state index is -0.568. The van der Waals surface area contributed by atoms with Crippen molar-refractivity contribution in [3.05, 3.63) is 64.7 Å². The molecule has 0 unspecified atom stereocenters. The highest BCUT2D eigenvalue weighted by atomic mass is 35.5. The number of hydrogen-bond acceptors (Lipinski definition) is 4. The number of carbonyl (C=O) groups is 2. The van der Waals surface area contributed by atoms with E-state index in [1.165, 1.54) is 5.56 Å². The Morgan fingerprint density at radius 1 is 0.943 bits per heavy atom. The molecule has 0 bridgehead atoms. The monoisotopic (exact) mass is 497 g/mol. The van der Waals surface area contributed by atoms with Crippen LogP contribution < -0.4 is 4.90 Å². The van der Waals surface area contributed by atoms with E-state index in [1.54, 1.807) is 4.90 Å². The van der Waals surface area contributed by atoms with Crippen LogP contribution in [-0.4, -0.2) is 66.7 Å². The lowest BCUT2D eigenvalue weighted by molar-refractivity contribution is -0.138. The van der Waals surface area contributed by atoms with Crippen LogP contribution in [0.1, 0.15) is 44.2 Å². The van der Waals surface area contributed by atoms with E-state index in [-0.39, 0.29) is 23.8 Å². The number of likely N-dealkylation sites (tertiary alicyclic amines) is 1. The van der Waals surface area contributed by atoms with E-state index in [9.17, 15) is 9.59 Å². The van der Waals surface area contributed by atoms with Crippen molar-refractivity contribution < 1.29 is 14.3 Å². The first-order valence-electron chi connectivity index (χ1n) is 12.4. The third-order valence-corrected chi connectivity index (χ3v) is 7.15. The Morgan fingerprint density at radius 3 is 2.29 bits per heavy atom. The van der Waals surface area contributed by atoms with Gasteiger partial charge < -0.3 is 19.4 Å². The van der Waals surface area contributed by atoms with E-state index in [0.29, 0.717) is 26.2 Å². The first-order valence-corrected chi connectivity index (χ1v) is 12.8. The summed E-state index contributed by atoms with van der Waals surface area (Å²) in [6.07, 6.45) is 0.393. The standard InChI is InChI=1S/C28H36ClN3O3/c1-20-10-11-22(29)18-25(20)30-14-16-31(17-15-30)26(33)24-19-32(27(34)35-28(2,3)4)13-12-23(24)21-8-6-5-7-9-21/h5-11,18,23-24H,12-17,19H2,1-4H3/t23-,24-/m1/s1. The summed E-state index contributed by atoms with van der Waals surface area (Å²) in [7, 11) is 0. The molecule has 0 aromatic heterocycles. The fourth-order valence-corrected chi connectivity index (χ4v) is 5.29. The fraction of sp³-hybridized carbons (Fsp3) is 0.500. The molecular weight excluding hydrogens is 462 g/mol. The maximum atomic E-state index is 13.9. The number of ether oxygens (including phenoxy) is 1. The molecule has 7 heteroatoms. The van der Waals surface area contributed by atoms with Gasteiger partial charge in [-0.1, -0.05) is 48.0 Å². The molecule has 6 nitrogen and oxygen atoms in total. The smallest absolute Gasteiger partial charge is 0.410 e. The number of halogens is 1. The Bertz CT molecular complexity index is 1050. The number of anilines is 1. The maximum Gasteiger partial charge on any atom is 0.410 e. The zero-order valence-corrected chi connectivity index (χ0v) is 21.9. The number of amides is 2. The van der Waals surface area contributed by atoms with Gasteiger partial charge >= 0.3 is 6.09 Å². The van der Waals surface area contributed by atoms with Crippen molar-refractivity contribution in [3.63, 3.8) is 0 Å². The summed E-state index contributed by atoms with van der Waals surface area (Å²) in [4.78, 5) is 32.7. The summed E-state index contributed by atoms with van der Waals surface area (Å²) in [5.41, 5.74) is 2.89. The Balaban J connectivity index is 1.49. The van der Waals surface area contributed by atoms with Crippen LogP contribution in [0.25, 0.3) is 0 Å². The summed E-state index contributed by atoms with van der Waals surface area (Å²) in [6.45, 7) is 11.4. The van der Waals surface area contributed by atoms with Crippen molar-refractivity contribution >= 4 is 29.3 Å². The van der Waals surface area contributed by atoms with Crippen LogP contribution in [0.4, 0.5) is 10.5 Å². The van der Waals surface area contributed by atoms with Crippen molar-refractivity contribution in [2.75, 3.05) is 44.2 Å². The highest BCUT2D eigenvalue weighted by Gasteiger charge is 2.40. The third-order valence-electron chi connectivity index (χ3n) is 6.91. The molecule has 2 aromatic rings. The molecule has 4 rings (SSSR count). The van der Waals surface area contributed by atoms with Crippen LogP contribution in [-0.2, 0) is 9.53 Å². The molecule has 2 aliphatic rings. The second-order valence-corrected chi connectivity index (χ2v) is 11.0. The van der Waals surface area contributed by atoms with E-state index >= 15 is 0 Å². The number of carbonyl (C=O) groups excluding carboxylic acids is 2. The summed E-state index contributed by atoms with van der Waals surface area (Å²) >= 11 is 6.24. The normalized spacial score (nSPS) is 21.1. The van der Waals surface area contributed by atoms with E-state index in [2.05, 4.69) is 24.0 Å². The van der Waals surface area contributed by atoms with Gasteiger partial charge in [-0.2, -0.15) is 0 Å². The molecule has 0 N–H and O–H groups in total. The number of hydrogen-bond donors (Lipinski definition) is 0. The lowest BCUT2D eigenvalue weighted by Crippen LogP contribution is -2.55. The van der Waals surface area contributed by atoms with Gasteiger partial charge in [0, 0.05) is 50.0 Å². The molecule has 2 atom stereocenters. The van der Waals surface area contributed by atoms with Crippen molar-refractivity contribution in [1.29, 1.82) is 0 Å². The molecule has 0 spiro atoms. The molecule has 188 valence electrons. The average molecular weight is 498 g/mol. The summed E-state index contributed by atoms with van der Waals surface area (Å²) in [5.74, 6) is -0.0942. The van der Waals surface area contributed by atoms with Crippen molar-refractivity contribution in [3.8, 4) is 0 Å². The number of rotatable bonds is 3. The first-order chi connectivity index (χ1) is 16.6. The molecule has 2 aliphatic heterocycles. The van der Waals surface area contributed by atoms with Crippen LogP contribution in [0.2, 0.25) is 5.02 Å². The van der Waals surface area contributed by atoms with Crippen LogP contribution in [0.3, 0.4) is 0 Å². The van der Waals surface area contributed by atoms with Gasteiger partial charge in [-0.15, -0.1) is 0 Å². The van der Waals surface area contributed by atoms with Crippen molar-refractivity contribution in [2.45, 2.75) is 45.6 Å². The van der Waals surface area contributed by atoms with Gasteiger partial charge in [0.2, 0.25) is 5.91 Å². The zero-order valence-electron chi connectivity index (χ0n) is 21.2. The minimum Gasteiger partial charge on any atom is -0.444 e. The number of aryl methyl sites for hydroxylation is 1. The minimum absolute atomic E-state index is 0.0793. The molecule has 0 saturated carbocycles. The van der Waals surface area contributed by atoms with Gasteiger partial charge in [0.25, 0.3) is 0 Å². The quantitative estimate of drug-likeness (QED) is 0.574. The molecule has 0 aliphatic carbocycles. The van der Waals surface area contributed by atoms with Crippen LogP contribution >= 0.6 is 11.6 Å². The Morgan fingerprint density at radius 2 is 1.63 bits per heavy atom. The average Bonchev–Trinajstić information content (AvgIpc) is 2.84. The van der Waals surface area contributed by atoms with Crippen molar-refractivity contribution in [2.24, 2.45) is 5.92 Å². The summed E-state index contributed by atoms with van der Waals surface area (Å²) < 4.78 is 5.62. The first kappa shape index (κ1) is 25.4. The van der Waals surface area contributed by atoms with Gasteiger partial charge in [-0.3, -0.25) is 4.79 Å². The number of benzene rings is 2. The number of piperazine rings is 1. The van der Waals surface area contributed by atoms with Crippen molar-refractivity contribution in [1.82, 2.24) is 9.80 Å². The van der Waals surface area contributed by atoms with Crippen LogP contribution in [0.5, 0.6) is 0 Å². The topological polar surface area (TPSA) is 53.1 Å². The van der Waals surface area contributed by atoms with E-state index in [0.717, 1.165) is 35.8 Å². The number of piperidine rings is 1. The largest absolute Gasteiger partial charge is 0.444 e. The zero-order chi connectivity index (χ0) is 25.2. The Labute approximate surface area is 213 Å². The second-order valence-electron chi connectivity index (χ2n) is 10.6. The predicted octanol–water partition coefficient (Wildman–Crippen LogP) is 5.34. The second kappa shape index (κ2) is 10.5. The molecule has 2 aromatic carbocycles. The van der Waals surface area contributed by atoms with Gasteiger partial charge in [-0.25, -0.2) is 4.79 Å².